The van der Waals surface area contributed by atoms with Crippen LogP contribution in [0.4, 0.5) is 0 Å². The van der Waals surface area contributed by atoms with Crippen LogP contribution in [0.2, 0.25) is 0 Å². The number of carbonyl (C=O) groups is 1. The summed E-state index contributed by atoms with van der Waals surface area (Å²) in [6, 6.07) is 0. The lowest BCUT2D eigenvalue weighted by molar-refractivity contribution is -0.0521. The number of amides is 1. The lowest BCUT2D eigenvalue weighted by atomic mass is 10.1. The molecular weight excluding hydrogens is 309 g/mol. The van der Waals surface area contributed by atoms with Crippen LogP contribution in [-0.4, -0.2) is 60.4 Å². The van der Waals surface area contributed by atoms with Gasteiger partial charge < -0.3 is 35.0 Å². The zero-order valence-corrected chi connectivity index (χ0v) is 11.4. The number of hydrogen-bond donors (Lipinski definition) is 5. The summed E-state index contributed by atoms with van der Waals surface area (Å²) in [4.78, 5) is 31.8. The quantitative estimate of drug-likeness (QED) is 0.373. The van der Waals surface area contributed by atoms with E-state index in [2.05, 4.69) is 9.51 Å². The van der Waals surface area contributed by atoms with Crippen LogP contribution in [0.15, 0.2) is 12.5 Å². The summed E-state index contributed by atoms with van der Waals surface area (Å²) in [5, 5.41) is 19.6. The standard InChI is InChI=1S/C9H14N3O8P/c10-8(15)4-1-12(3-11-4)9-7(14)6(13)5(20-9)2-19-21(16,17)18/h1,3,5-7,9,13-14H,2H2,(H2,10,15)(H2,16,17,18). The molecule has 0 bridgehead atoms. The molecule has 4 atom stereocenters. The molecule has 1 fully saturated rings. The molecule has 21 heavy (non-hydrogen) atoms. The third-order valence-electron chi connectivity index (χ3n) is 2.89. The van der Waals surface area contributed by atoms with Gasteiger partial charge in [0.05, 0.1) is 12.9 Å². The number of nitrogens with zero attached hydrogens (tertiary/aromatic N) is 2. The summed E-state index contributed by atoms with van der Waals surface area (Å²) in [5.41, 5.74) is 4.98. The van der Waals surface area contributed by atoms with Gasteiger partial charge in [0.2, 0.25) is 0 Å². The van der Waals surface area contributed by atoms with Crippen LogP contribution >= 0.6 is 7.82 Å². The first-order valence-corrected chi connectivity index (χ1v) is 7.27. The third-order valence-corrected chi connectivity index (χ3v) is 3.38. The van der Waals surface area contributed by atoms with E-state index in [1.165, 1.54) is 17.1 Å². The topological polar surface area (TPSA) is 177 Å². The Morgan fingerprint density at radius 1 is 1.48 bits per heavy atom. The number of ether oxygens (including phenoxy) is 1. The number of imidazole rings is 1. The van der Waals surface area contributed by atoms with Crippen molar-refractivity contribution in [3.05, 3.63) is 18.2 Å². The van der Waals surface area contributed by atoms with Crippen molar-refractivity contribution in [3.8, 4) is 0 Å². The highest BCUT2D eigenvalue weighted by Crippen LogP contribution is 2.38. The van der Waals surface area contributed by atoms with Crippen LogP contribution in [-0.2, 0) is 13.8 Å². The molecule has 0 spiro atoms. The average Bonchev–Trinajstić information content (AvgIpc) is 2.94. The molecular formula is C9H14N3O8P. The van der Waals surface area contributed by atoms with Crippen molar-refractivity contribution in [2.24, 2.45) is 5.73 Å². The third kappa shape index (κ3) is 3.66. The highest BCUT2D eigenvalue weighted by Gasteiger charge is 2.44. The molecule has 1 saturated heterocycles. The van der Waals surface area contributed by atoms with E-state index in [1.54, 1.807) is 0 Å². The van der Waals surface area contributed by atoms with Crippen molar-refractivity contribution in [1.29, 1.82) is 0 Å². The summed E-state index contributed by atoms with van der Waals surface area (Å²) in [6.45, 7) is -0.615. The second kappa shape index (κ2) is 5.81. The van der Waals surface area contributed by atoms with Crippen molar-refractivity contribution >= 4 is 13.7 Å². The first-order valence-electron chi connectivity index (χ1n) is 5.74. The van der Waals surface area contributed by atoms with Crippen molar-refractivity contribution < 1.29 is 38.6 Å². The maximum Gasteiger partial charge on any atom is 0.469 e. The van der Waals surface area contributed by atoms with Crippen LogP contribution in [0.3, 0.4) is 0 Å². The lowest BCUT2D eigenvalue weighted by Crippen LogP contribution is -2.33. The summed E-state index contributed by atoms with van der Waals surface area (Å²) in [6.07, 6.45) is -2.68. The van der Waals surface area contributed by atoms with Gasteiger partial charge in [-0.15, -0.1) is 0 Å². The SMILES string of the molecule is NC(=O)c1cn(C2OC(COP(=O)(O)O)C(O)C2O)cn1. The fourth-order valence-electron chi connectivity index (χ4n) is 1.89. The fourth-order valence-corrected chi connectivity index (χ4v) is 2.23. The van der Waals surface area contributed by atoms with Gasteiger partial charge in [-0.3, -0.25) is 9.32 Å². The monoisotopic (exact) mass is 323 g/mol. The Morgan fingerprint density at radius 3 is 2.67 bits per heavy atom. The van der Waals surface area contributed by atoms with E-state index in [0.717, 1.165) is 0 Å². The number of phosphoric acid groups is 1. The number of carbonyl (C=O) groups excluding carboxylic acids is 1. The number of nitrogens with two attached hydrogens (primary N) is 1. The normalized spacial score (nSPS) is 29.7. The summed E-state index contributed by atoms with van der Waals surface area (Å²) >= 11 is 0. The predicted octanol–water partition coefficient (Wildman–Crippen LogP) is -2.29. The smallest absolute Gasteiger partial charge is 0.387 e. The van der Waals surface area contributed by atoms with Gasteiger partial charge in [0.15, 0.2) is 6.23 Å². The summed E-state index contributed by atoms with van der Waals surface area (Å²) in [7, 11) is -4.72. The Balaban J connectivity index is 2.08. The number of aromatic nitrogens is 2. The fraction of sp³-hybridized carbons (Fsp3) is 0.556. The van der Waals surface area contributed by atoms with E-state index in [4.69, 9.17) is 20.3 Å². The minimum atomic E-state index is -4.72. The van der Waals surface area contributed by atoms with Gasteiger partial charge in [-0.2, -0.15) is 0 Å². The molecule has 2 rings (SSSR count). The van der Waals surface area contributed by atoms with Crippen LogP contribution in [0.1, 0.15) is 16.7 Å². The number of primary amides is 1. The highest BCUT2D eigenvalue weighted by atomic mass is 31.2. The van der Waals surface area contributed by atoms with E-state index in [1.807, 2.05) is 0 Å². The zero-order valence-electron chi connectivity index (χ0n) is 10.5. The molecule has 118 valence electrons. The van der Waals surface area contributed by atoms with Crippen molar-refractivity contribution in [1.82, 2.24) is 9.55 Å². The maximum atomic E-state index is 10.9. The zero-order chi connectivity index (χ0) is 15.8. The molecule has 0 aliphatic carbocycles. The largest absolute Gasteiger partial charge is 0.469 e. The maximum absolute atomic E-state index is 10.9. The van der Waals surface area contributed by atoms with E-state index in [-0.39, 0.29) is 5.69 Å². The molecule has 1 aromatic heterocycles. The van der Waals surface area contributed by atoms with E-state index in [9.17, 15) is 19.6 Å². The van der Waals surface area contributed by atoms with Gasteiger partial charge >= 0.3 is 7.82 Å². The molecule has 11 nitrogen and oxygen atoms in total. The minimum Gasteiger partial charge on any atom is -0.387 e. The summed E-state index contributed by atoms with van der Waals surface area (Å²) < 4.78 is 21.3. The van der Waals surface area contributed by atoms with Gasteiger partial charge in [0, 0.05) is 6.20 Å². The van der Waals surface area contributed by atoms with E-state index < -0.39 is 44.9 Å². The number of rotatable bonds is 5. The second-order valence-electron chi connectivity index (χ2n) is 4.40. The molecule has 2 heterocycles. The molecule has 6 N–H and O–H groups in total. The number of phosphoric ester groups is 1. The van der Waals surface area contributed by atoms with Crippen molar-refractivity contribution in [2.75, 3.05) is 6.61 Å². The van der Waals surface area contributed by atoms with Crippen LogP contribution in [0.5, 0.6) is 0 Å². The van der Waals surface area contributed by atoms with Gasteiger partial charge in [0.1, 0.15) is 24.0 Å². The molecule has 1 aliphatic rings. The van der Waals surface area contributed by atoms with E-state index in [0.29, 0.717) is 0 Å². The Kier molecular flexibility index (Phi) is 4.44. The Morgan fingerprint density at radius 2 is 2.14 bits per heavy atom. The van der Waals surface area contributed by atoms with Crippen LogP contribution in [0.25, 0.3) is 0 Å². The molecule has 4 unspecified atom stereocenters. The van der Waals surface area contributed by atoms with Crippen LogP contribution < -0.4 is 5.73 Å². The minimum absolute atomic E-state index is 0.0600. The molecule has 1 amide bonds. The average molecular weight is 323 g/mol. The van der Waals surface area contributed by atoms with Gasteiger partial charge in [-0.1, -0.05) is 0 Å². The molecule has 12 heteroatoms. The molecule has 0 aromatic carbocycles. The molecule has 1 aliphatic heterocycles. The first-order chi connectivity index (χ1) is 9.69. The van der Waals surface area contributed by atoms with Gasteiger partial charge in [-0.25, -0.2) is 9.55 Å². The van der Waals surface area contributed by atoms with Crippen LogP contribution in [0, 0.1) is 0 Å². The first kappa shape index (κ1) is 16.0. The Bertz CT molecular complexity index is 571. The van der Waals surface area contributed by atoms with Crippen molar-refractivity contribution in [3.63, 3.8) is 0 Å². The number of aliphatic hydroxyl groups is 2. The summed E-state index contributed by atoms with van der Waals surface area (Å²) in [5.74, 6) is -0.775. The molecule has 1 aromatic rings. The van der Waals surface area contributed by atoms with Crippen molar-refractivity contribution in [2.45, 2.75) is 24.5 Å². The lowest BCUT2D eigenvalue weighted by Gasteiger charge is -2.15. The highest BCUT2D eigenvalue weighted by molar-refractivity contribution is 7.46. The number of aliphatic hydroxyl groups excluding tert-OH is 2. The Hall–Kier alpha value is -1.33. The number of hydrogen-bond acceptors (Lipinski definition) is 7. The predicted molar refractivity (Wildman–Crippen MR) is 64.7 cm³/mol. The van der Waals surface area contributed by atoms with Gasteiger partial charge in [-0.05, 0) is 0 Å². The van der Waals surface area contributed by atoms with Gasteiger partial charge in [0.25, 0.3) is 5.91 Å². The molecule has 0 saturated carbocycles. The molecule has 0 radical (unpaired) electrons. The second-order valence-corrected chi connectivity index (χ2v) is 5.64. The van der Waals surface area contributed by atoms with E-state index >= 15 is 0 Å². The Labute approximate surface area is 118 Å².